The van der Waals surface area contributed by atoms with Crippen molar-refractivity contribution >= 4 is 22.9 Å². The fourth-order valence-electron chi connectivity index (χ4n) is 1.84. The van der Waals surface area contributed by atoms with Gasteiger partial charge in [-0.1, -0.05) is 42.1 Å². The number of nitrogens with zero attached hydrogens (tertiary/aromatic N) is 1. The molecule has 0 spiro atoms. The molecule has 0 aliphatic rings. The van der Waals surface area contributed by atoms with Gasteiger partial charge in [0.2, 0.25) is 0 Å². The van der Waals surface area contributed by atoms with Crippen molar-refractivity contribution in [3.63, 3.8) is 0 Å². The Labute approximate surface area is 126 Å². The summed E-state index contributed by atoms with van der Waals surface area (Å²) < 4.78 is 11.1. The maximum absolute atomic E-state index is 9.93. The highest BCUT2D eigenvalue weighted by atomic mass is 32.2. The number of ether oxygens (including phenoxy) is 1. The summed E-state index contributed by atoms with van der Waals surface area (Å²) in [4.78, 5) is 4.35. The molecule has 0 saturated carbocycles. The second-order valence-electron chi connectivity index (χ2n) is 4.54. The number of hydrogen-bond donors (Lipinski definition) is 1. The Morgan fingerprint density at radius 1 is 1.10 bits per heavy atom. The summed E-state index contributed by atoms with van der Waals surface area (Å²) in [5.41, 5.74) is 1.59. The van der Waals surface area contributed by atoms with E-state index < -0.39 is 6.10 Å². The van der Waals surface area contributed by atoms with E-state index in [1.165, 1.54) is 11.8 Å². The SMILES string of the molecule is OC(COc1ccccc1)CSc1nc2ccccc2o1. The third-order valence-electron chi connectivity index (χ3n) is 2.86. The van der Waals surface area contributed by atoms with Crippen LogP contribution in [0.4, 0.5) is 0 Å². The highest BCUT2D eigenvalue weighted by Gasteiger charge is 2.10. The highest BCUT2D eigenvalue weighted by molar-refractivity contribution is 7.99. The summed E-state index contributed by atoms with van der Waals surface area (Å²) in [6.07, 6.45) is -0.579. The molecule has 4 nitrogen and oxygen atoms in total. The predicted molar refractivity (Wildman–Crippen MR) is 82.7 cm³/mol. The first-order valence-corrected chi connectivity index (χ1v) is 7.64. The Morgan fingerprint density at radius 3 is 2.67 bits per heavy atom. The Bertz CT molecular complexity index is 666. The lowest BCUT2D eigenvalue weighted by Crippen LogP contribution is -2.20. The molecule has 0 aliphatic carbocycles. The largest absolute Gasteiger partial charge is 0.491 e. The van der Waals surface area contributed by atoms with E-state index in [0.29, 0.717) is 11.0 Å². The summed E-state index contributed by atoms with van der Waals surface area (Å²) in [6, 6.07) is 17.0. The van der Waals surface area contributed by atoms with Crippen LogP contribution < -0.4 is 4.74 Å². The van der Waals surface area contributed by atoms with Crippen molar-refractivity contribution in [3.8, 4) is 5.75 Å². The first-order valence-electron chi connectivity index (χ1n) is 6.65. The summed E-state index contributed by atoms with van der Waals surface area (Å²) >= 11 is 1.38. The molecular weight excluding hydrogens is 286 g/mol. The number of oxazole rings is 1. The highest BCUT2D eigenvalue weighted by Crippen LogP contribution is 2.23. The van der Waals surface area contributed by atoms with Crippen molar-refractivity contribution in [2.75, 3.05) is 12.4 Å². The van der Waals surface area contributed by atoms with Gasteiger partial charge in [0.1, 0.15) is 17.9 Å². The van der Waals surface area contributed by atoms with Gasteiger partial charge in [-0.2, -0.15) is 0 Å². The average molecular weight is 301 g/mol. The van der Waals surface area contributed by atoms with Crippen LogP contribution in [0.1, 0.15) is 0 Å². The van der Waals surface area contributed by atoms with Crippen molar-refractivity contribution in [2.24, 2.45) is 0 Å². The minimum Gasteiger partial charge on any atom is -0.491 e. The van der Waals surface area contributed by atoms with Crippen LogP contribution in [0.25, 0.3) is 11.1 Å². The average Bonchev–Trinajstić information content (AvgIpc) is 2.95. The molecule has 3 rings (SSSR count). The third kappa shape index (κ3) is 3.77. The Hall–Kier alpha value is -1.98. The number of para-hydroxylation sites is 3. The molecule has 108 valence electrons. The number of fused-ring (bicyclic) bond motifs is 1. The molecule has 0 aliphatic heterocycles. The second-order valence-corrected chi connectivity index (χ2v) is 5.51. The molecule has 1 N–H and O–H groups in total. The first-order chi connectivity index (χ1) is 10.3. The predicted octanol–water partition coefficient (Wildman–Crippen LogP) is 3.36. The van der Waals surface area contributed by atoms with Crippen molar-refractivity contribution in [1.82, 2.24) is 4.98 Å². The molecule has 3 aromatic rings. The van der Waals surface area contributed by atoms with Crippen molar-refractivity contribution in [2.45, 2.75) is 11.3 Å². The fourth-order valence-corrected chi connectivity index (χ4v) is 2.58. The quantitative estimate of drug-likeness (QED) is 0.708. The molecule has 0 amide bonds. The van der Waals surface area contributed by atoms with Gasteiger partial charge in [0.15, 0.2) is 5.58 Å². The van der Waals surface area contributed by atoms with Gasteiger partial charge in [-0.05, 0) is 24.3 Å². The van der Waals surface area contributed by atoms with E-state index >= 15 is 0 Å². The minimum absolute atomic E-state index is 0.247. The third-order valence-corrected chi connectivity index (χ3v) is 3.83. The number of aliphatic hydroxyl groups excluding tert-OH is 1. The summed E-state index contributed by atoms with van der Waals surface area (Å²) in [7, 11) is 0. The lowest BCUT2D eigenvalue weighted by atomic mass is 10.3. The van der Waals surface area contributed by atoms with E-state index in [4.69, 9.17) is 9.15 Å². The molecule has 1 heterocycles. The van der Waals surface area contributed by atoms with Gasteiger partial charge in [0, 0.05) is 5.75 Å². The van der Waals surface area contributed by atoms with Crippen LogP contribution >= 0.6 is 11.8 Å². The molecule has 0 saturated heterocycles. The number of rotatable bonds is 6. The van der Waals surface area contributed by atoms with Crippen LogP contribution in [0.3, 0.4) is 0 Å². The van der Waals surface area contributed by atoms with Gasteiger partial charge in [-0.3, -0.25) is 0 Å². The molecule has 2 aromatic carbocycles. The van der Waals surface area contributed by atoms with E-state index in [9.17, 15) is 5.11 Å². The molecule has 0 bridgehead atoms. The van der Waals surface area contributed by atoms with E-state index in [2.05, 4.69) is 4.98 Å². The normalized spacial score (nSPS) is 12.4. The van der Waals surface area contributed by atoms with Gasteiger partial charge < -0.3 is 14.3 Å². The minimum atomic E-state index is -0.579. The van der Waals surface area contributed by atoms with Gasteiger partial charge >= 0.3 is 0 Å². The lowest BCUT2D eigenvalue weighted by Gasteiger charge is -2.10. The summed E-state index contributed by atoms with van der Waals surface area (Å²) in [5.74, 6) is 1.23. The Morgan fingerprint density at radius 2 is 1.86 bits per heavy atom. The van der Waals surface area contributed by atoms with Gasteiger partial charge in [-0.25, -0.2) is 4.98 Å². The van der Waals surface area contributed by atoms with Crippen molar-refractivity contribution in [1.29, 1.82) is 0 Å². The van der Waals surface area contributed by atoms with E-state index in [0.717, 1.165) is 16.8 Å². The van der Waals surface area contributed by atoms with Gasteiger partial charge in [0.25, 0.3) is 5.22 Å². The van der Waals surface area contributed by atoms with Crippen LogP contribution in [0.15, 0.2) is 64.2 Å². The molecule has 1 unspecified atom stereocenters. The molecule has 5 heteroatoms. The second kappa shape index (κ2) is 6.65. The number of aromatic nitrogens is 1. The summed E-state index contributed by atoms with van der Waals surface area (Å²) in [5, 5.41) is 10.5. The van der Waals surface area contributed by atoms with Crippen LogP contribution in [0.5, 0.6) is 5.75 Å². The van der Waals surface area contributed by atoms with Crippen molar-refractivity contribution in [3.05, 3.63) is 54.6 Å². The van der Waals surface area contributed by atoms with Crippen LogP contribution in [0, 0.1) is 0 Å². The zero-order chi connectivity index (χ0) is 14.5. The number of benzene rings is 2. The zero-order valence-corrected chi connectivity index (χ0v) is 12.1. The maximum Gasteiger partial charge on any atom is 0.256 e. The van der Waals surface area contributed by atoms with Crippen LogP contribution in [-0.4, -0.2) is 28.6 Å². The standard InChI is InChI=1S/C16H15NO3S/c18-12(10-19-13-6-2-1-3-7-13)11-21-16-17-14-8-4-5-9-15(14)20-16/h1-9,12,18H,10-11H2. The first kappa shape index (κ1) is 14.0. The van der Waals surface area contributed by atoms with Gasteiger partial charge in [-0.15, -0.1) is 0 Å². The van der Waals surface area contributed by atoms with Crippen LogP contribution in [0.2, 0.25) is 0 Å². The fraction of sp³-hybridized carbons (Fsp3) is 0.188. The number of hydrogen-bond acceptors (Lipinski definition) is 5. The van der Waals surface area contributed by atoms with Crippen molar-refractivity contribution < 1.29 is 14.3 Å². The molecule has 0 radical (unpaired) electrons. The number of aliphatic hydroxyl groups is 1. The maximum atomic E-state index is 9.93. The molecule has 0 fully saturated rings. The molecule has 1 atom stereocenters. The van der Waals surface area contributed by atoms with E-state index in [-0.39, 0.29) is 6.61 Å². The monoisotopic (exact) mass is 301 g/mol. The Balaban J connectivity index is 1.50. The topological polar surface area (TPSA) is 55.5 Å². The van der Waals surface area contributed by atoms with Gasteiger partial charge in [0.05, 0.1) is 6.10 Å². The zero-order valence-electron chi connectivity index (χ0n) is 11.3. The molecule has 1 aromatic heterocycles. The summed E-state index contributed by atoms with van der Waals surface area (Å²) in [6.45, 7) is 0.247. The van der Waals surface area contributed by atoms with Crippen LogP contribution in [-0.2, 0) is 0 Å². The van der Waals surface area contributed by atoms with E-state index in [1.807, 2.05) is 54.6 Å². The van der Waals surface area contributed by atoms with E-state index in [1.54, 1.807) is 0 Å². The number of thioether (sulfide) groups is 1. The smallest absolute Gasteiger partial charge is 0.256 e. The Kier molecular flexibility index (Phi) is 4.43. The lowest BCUT2D eigenvalue weighted by molar-refractivity contribution is 0.126. The molecule has 21 heavy (non-hydrogen) atoms. The molecular formula is C16H15NO3S.